The summed E-state index contributed by atoms with van der Waals surface area (Å²) in [4.78, 5) is 32.3. The summed E-state index contributed by atoms with van der Waals surface area (Å²) in [6, 6.07) is 12.1. The van der Waals surface area contributed by atoms with Gasteiger partial charge in [0.05, 0.1) is 11.9 Å². The van der Waals surface area contributed by atoms with Crippen molar-refractivity contribution in [3.05, 3.63) is 72.1 Å². The molecule has 2 heterocycles. The molecule has 2 aromatic heterocycles. The number of nitrogens with one attached hydrogen (secondary N) is 2. The Morgan fingerprint density at radius 2 is 1.80 bits per heavy atom. The minimum atomic E-state index is -0.367. The normalized spacial score (nSPS) is 10.3. The Morgan fingerprint density at radius 1 is 1.00 bits per heavy atom. The SMILES string of the molecule is CCc1ocnc1C(=O)Nc1ccc(NC(=O)c2ccccc2)nc1. The third kappa shape index (κ3) is 3.89. The lowest BCUT2D eigenvalue weighted by Crippen LogP contribution is -2.15. The van der Waals surface area contributed by atoms with Crippen LogP contribution in [0.25, 0.3) is 0 Å². The molecule has 0 saturated carbocycles. The maximum Gasteiger partial charge on any atom is 0.277 e. The molecule has 1 aromatic carbocycles. The van der Waals surface area contributed by atoms with Gasteiger partial charge in [0.15, 0.2) is 12.1 Å². The van der Waals surface area contributed by atoms with Crippen molar-refractivity contribution >= 4 is 23.3 Å². The molecule has 0 spiro atoms. The number of pyridine rings is 1. The summed E-state index contributed by atoms with van der Waals surface area (Å²) in [5.41, 5.74) is 1.29. The van der Waals surface area contributed by atoms with Gasteiger partial charge >= 0.3 is 0 Å². The third-order valence-corrected chi connectivity index (χ3v) is 3.48. The van der Waals surface area contributed by atoms with Crippen molar-refractivity contribution in [2.45, 2.75) is 13.3 Å². The minimum absolute atomic E-state index is 0.250. The standard InChI is InChI=1S/C18H16N4O3/c1-2-14-16(20-11-25-14)18(24)21-13-8-9-15(19-10-13)22-17(23)12-6-4-3-5-7-12/h3-11H,2H2,1H3,(H,21,24)(H,19,22,23). The van der Waals surface area contributed by atoms with E-state index in [1.54, 1.807) is 36.4 Å². The van der Waals surface area contributed by atoms with Crippen LogP contribution in [0.5, 0.6) is 0 Å². The molecule has 7 nitrogen and oxygen atoms in total. The van der Waals surface area contributed by atoms with Crippen molar-refractivity contribution in [2.75, 3.05) is 10.6 Å². The molecule has 2 N–H and O–H groups in total. The molecule has 2 amide bonds. The number of hydrogen-bond donors (Lipinski definition) is 2. The van der Waals surface area contributed by atoms with Gasteiger partial charge in [0.1, 0.15) is 11.6 Å². The van der Waals surface area contributed by atoms with Crippen LogP contribution < -0.4 is 10.6 Å². The topological polar surface area (TPSA) is 97.1 Å². The van der Waals surface area contributed by atoms with Crippen LogP contribution in [0, 0.1) is 0 Å². The van der Waals surface area contributed by atoms with Crippen molar-refractivity contribution in [3.8, 4) is 0 Å². The van der Waals surface area contributed by atoms with Gasteiger partial charge < -0.3 is 15.1 Å². The summed E-state index contributed by atoms with van der Waals surface area (Å²) < 4.78 is 5.14. The van der Waals surface area contributed by atoms with E-state index in [1.165, 1.54) is 12.6 Å². The van der Waals surface area contributed by atoms with Gasteiger partial charge in [-0.3, -0.25) is 9.59 Å². The van der Waals surface area contributed by atoms with E-state index in [4.69, 9.17) is 4.42 Å². The average molecular weight is 336 g/mol. The first-order chi connectivity index (χ1) is 12.2. The van der Waals surface area contributed by atoms with Gasteiger partial charge in [-0.05, 0) is 24.3 Å². The Balaban J connectivity index is 1.64. The van der Waals surface area contributed by atoms with E-state index in [0.29, 0.717) is 29.2 Å². The molecule has 0 atom stereocenters. The number of oxazole rings is 1. The zero-order chi connectivity index (χ0) is 17.6. The first kappa shape index (κ1) is 16.4. The van der Waals surface area contributed by atoms with E-state index in [9.17, 15) is 9.59 Å². The number of carbonyl (C=O) groups excluding carboxylic acids is 2. The Hall–Kier alpha value is -3.48. The van der Waals surface area contributed by atoms with Crippen LogP contribution in [0.1, 0.15) is 33.5 Å². The van der Waals surface area contributed by atoms with E-state index < -0.39 is 0 Å². The number of anilines is 2. The van der Waals surface area contributed by atoms with E-state index in [2.05, 4.69) is 20.6 Å². The number of nitrogens with zero attached hydrogens (tertiary/aromatic N) is 2. The molecular formula is C18H16N4O3. The molecule has 0 aliphatic rings. The first-order valence-corrected chi connectivity index (χ1v) is 7.73. The maximum absolute atomic E-state index is 12.2. The van der Waals surface area contributed by atoms with E-state index in [0.717, 1.165) is 0 Å². The first-order valence-electron chi connectivity index (χ1n) is 7.73. The van der Waals surface area contributed by atoms with Crippen LogP contribution >= 0.6 is 0 Å². The zero-order valence-electron chi connectivity index (χ0n) is 13.5. The minimum Gasteiger partial charge on any atom is -0.448 e. The van der Waals surface area contributed by atoms with E-state index >= 15 is 0 Å². The summed E-state index contributed by atoms with van der Waals surface area (Å²) in [7, 11) is 0. The quantitative estimate of drug-likeness (QED) is 0.746. The van der Waals surface area contributed by atoms with E-state index in [-0.39, 0.29) is 17.5 Å². The second kappa shape index (κ2) is 7.39. The predicted octanol–water partition coefficient (Wildman–Crippen LogP) is 3.14. The Kier molecular flexibility index (Phi) is 4.84. The lowest BCUT2D eigenvalue weighted by Gasteiger charge is -2.07. The van der Waals surface area contributed by atoms with Crippen molar-refractivity contribution in [2.24, 2.45) is 0 Å². The van der Waals surface area contributed by atoms with Crippen molar-refractivity contribution in [3.63, 3.8) is 0 Å². The van der Waals surface area contributed by atoms with Gasteiger partial charge in [0.2, 0.25) is 0 Å². The molecular weight excluding hydrogens is 320 g/mol. The summed E-state index contributed by atoms with van der Waals surface area (Å²) >= 11 is 0. The largest absolute Gasteiger partial charge is 0.448 e. The van der Waals surface area contributed by atoms with Gasteiger partial charge in [0, 0.05) is 12.0 Å². The number of aryl methyl sites for hydroxylation is 1. The molecule has 0 unspecified atom stereocenters. The van der Waals surface area contributed by atoms with Crippen LogP contribution in [0.4, 0.5) is 11.5 Å². The molecule has 126 valence electrons. The molecule has 3 rings (SSSR count). The van der Waals surface area contributed by atoms with Gasteiger partial charge in [0.25, 0.3) is 11.8 Å². The second-order valence-electron chi connectivity index (χ2n) is 5.18. The highest BCUT2D eigenvalue weighted by molar-refractivity contribution is 6.04. The fourth-order valence-electron chi connectivity index (χ4n) is 2.22. The lowest BCUT2D eigenvalue weighted by atomic mass is 10.2. The van der Waals surface area contributed by atoms with Gasteiger partial charge in [-0.25, -0.2) is 9.97 Å². The highest BCUT2D eigenvalue weighted by Gasteiger charge is 2.15. The number of aromatic nitrogens is 2. The molecule has 0 radical (unpaired) electrons. The lowest BCUT2D eigenvalue weighted by molar-refractivity contribution is 0.101. The molecule has 25 heavy (non-hydrogen) atoms. The van der Waals surface area contributed by atoms with Gasteiger partial charge in [-0.15, -0.1) is 0 Å². The Bertz CT molecular complexity index is 873. The maximum atomic E-state index is 12.2. The Labute approximate surface area is 144 Å². The van der Waals surface area contributed by atoms with Crippen molar-refractivity contribution < 1.29 is 14.0 Å². The molecule has 0 aliphatic heterocycles. The summed E-state index contributed by atoms with van der Waals surface area (Å²) in [6.45, 7) is 1.88. The van der Waals surface area contributed by atoms with Crippen molar-refractivity contribution in [1.82, 2.24) is 9.97 Å². The van der Waals surface area contributed by atoms with Crippen LogP contribution in [0.3, 0.4) is 0 Å². The Morgan fingerprint density at radius 3 is 2.48 bits per heavy atom. The van der Waals surface area contributed by atoms with Crippen molar-refractivity contribution in [1.29, 1.82) is 0 Å². The number of benzene rings is 1. The molecule has 0 bridgehead atoms. The van der Waals surface area contributed by atoms with Crippen LogP contribution in [0.2, 0.25) is 0 Å². The van der Waals surface area contributed by atoms with Crippen LogP contribution in [-0.4, -0.2) is 21.8 Å². The van der Waals surface area contributed by atoms with E-state index in [1.807, 2.05) is 13.0 Å². The second-order valence-corrected chi connectivity index (χ2v) is 5.18. The molecule has 3 aromatic rings. The number of carbonyl (C=O) groups is 2. The van der Waals surface area contributed by atoms with Gasteiger partial charge in [-0.2, -0.15) is 0 Å². The summed E-state index contributed by atoms with van der Waals surface area (Å²) in [5.74, 6) is 0.299. The number of amides is 2. The molecule has 7 heteroatoms. The monoisotopic (exact) mass is 336 g/mol. The highest BCUT2D eigenvalue weighted by atomic mass is 16.3. The average Bonchev–Trinajstić information content (AvgIpc) is 3.13. The van der Waals surface area contributed by atoms with Crippen LogP contribution in [-0.2, 0) is 6.42 Å². The van der Waals surface area contributed by atoms with Gasteiger partial charge in [-0.1, -0.05) is 25.1 Å². The molecule has 0 fully saturated rings. The third-order valence-electron chi connectivity index (χ3n) is 3.48. The summed E-state index contributed by atoms with van der Waals surface area (Å²) in [5, 5.41) is 5.39. The molecule has 0 saturated heterocycles. The number of rotatable bonds is 5. The fourth-order valence-corrected chi connectivity index (χ4v) is 2.22. The predicted molar refractivity (Wildman–Crippen MR) is 92.5 cm³/mol. The number of hydrogen-bond acceptors (Lipinski definition) is 5. The van der Waals surface area contributed by atoms with Crippen LogP contribution in [0.15, 0.2) is 59.5 Å². The zero-order valence-corrected chi connectivity index (χ0v) is 13.5. The smallest absolute Gasteiger partial charge is 0.277 e. The molecule has 0 aliphatic carbocycles. The fraction of sp³-hybridized carbons (Fsp3) is 0.111. The summed E-state index contributed by atoms with van der Waals surface area (Å²) in [6.07, 6.45) is 3.28. The highest BCUT2D eigenvalue weighted by Crippen LogP contribution is 2.14.